The number of unbranched alkanes of at least 4 members (excludes halogenated alkanes) is 1. The highest BCUT2D eigenvalue weighted by Gasteiger charge is 2.47. The van der Waals surface area contributed by atoms with Gasteiger partial charge in [-0.3, -0.25) is 19.7 Å². The van der Waals surface area contributed by atoms with Gasteiger partial charge in [-0.2, -0.15) is 0 Å². The Morgan fingerprint density at radius 3 is 2.40 bits per heavy atom. The van der Waals surface area contributed by atoms with Crippen molar-refractivity contribution >= 4 is 27.7 Å². The fourth-order valence-electron chi connectivity index (χ4n) is 2.85. The topological polar surface area (TPSA) is 154 Å². The lowest BCUT2D eigenvalue weighted by Crippen LogP contribution is -2.58. The van der Waals surface area contributed by atoms with Crippen LogP contribution in [0.1, 0.15) is 19.8 Å². The third-order valence-electron chi connectivity index (χ3n) is 4.55. The number of nitrogens with one attached hydrogen (secondary N) is 1. The molecule has 0 radical (unpaired) electrons. The minimum Gasteiger partial charge on any atom is -0.494 e. The number of nitrogens with zero attached hydrogens (tertiary/aromatic N) is 2. The molecular weight excluding hydrogens is 418 g/mol. The van der Waals surface area contributed by atoms with Crippen LogP contribution in [-0.2, 0) is 19.4 Å². The molecule has 1 atom stereocenters. The van der Waals surface area contributed by atoms with Gasteiger partial charge in [0.15, 0.2) is 15.4 Å². The van der Waals surface area contributed by atoms with E-state index in [4.69, 9.17) is 9.94 Å². The van der Waals surface area contributed by atoms with Crippen LogP contribution in [0.4, 0.5) is 4.79 Å². The number of hydroxylamine groups is 1. The number of sulfone groups is 1. The highest BCUT2D eigenvalue weighted by molar-refractivity contribution is 7.91. The van der Waals surface area contributed by atoms with Gasteiger partial charge in [-0.25, -0.2) is 18.7 Å². The van der Waals surface area contributed by atoms with Crippen LogP contribution in [-0.4, -0.2) is 84.5 Å². The van der Waals surface area contributed by atoms with E-state index in [9.17, 15) is 27.9 Å². The summed E-state index contributed by atoms with van der Waals surface area (Å²) in [5.74, 6) is -2.87. The summed E-state index contributed by atoms with van der Waals surface area (Å²) in [6.45, 7) is 1.27. The van der Waals surface area contributed by atoms with Crippen LogP contribution >= 0.6 is 0 Å². The van der Waals surface area contributed by atoms with Gasteiger partial charge < -0.3 is 14.7 Å². The first-order valence-corrected chi connectivity index (χ1v) is 10.9. The van der Waals surface area contributed by atoms with Gasteiger partial charge in [0.05, 0.1) is 23.8 Å². The van der Waals surface area contributed by atoms with E-state index in [1.807, 2.05) is 6.92 Å². The Morgan fingerprint density at radius 1 is 1.27 bits per heavy atom. The summed E-state index contributed by atoms with van der Waals surface area (Å²) in [6, 6.07) is 4.60. The van der Waals surface area contributed by atoms with Gasteiger partial charge in [0.1, 0.15) is 12.3 Å². The first-order valence-electron chi connectivity index (χ1n) is 9.22. The highest BCUT2D eigenvalue weighted by Crippen LogP contribution is 2.23. The number of imide groups is 1. The molecule has 11 nitrogen and oxygen atoms in total. The van der Waals surface area contributed by atoms with Crippen LogP contribution in [0.2, 0.25) is 0 Å². The van der Waals surface area contributed by atoms with E-state index in [0.29, 0.717) is 17.3 Å². The minimum atomic E-state index is -4.25. The predicted molar refractivity (Wildman–Crippen MR) is 104 cm³/mol. The van der Waals surface area contributed by atoms with Gasteiger partial charge in [-0.05, 0) is 30.7 Å². The maximum atomic E-state index is 12.8. The molecule has 30 heavy (non-hydrogen) atoms. The molecule has 1 aromatic carbocycles. The van der Waals surface area contributed by atoms with E-state index >= 15 is 0 Å². The monoisotopic (exact) mass is 443 g/mol. The number of β-amino-alcohol motifs (C(OH)–C–C–N with tert-alkyl or cyclic N) is 1. The number of likely N-dealkylation sites (N-methyl/N-ethyl adjacent to an activating group) is 1. The van der Waals surface area contributed by atoms with E-state index in [1.54, 1.807) is 0 Å². The number of ether oxygens (including phenoxy) is 1. The zero-order valence-corrected chi connectivity index (χ0v) is 17.5. The summed E-state index contributed by atoms with van der Waals surface area (Å²) in [5, 5.41) is 19.7. The predicted octanol–water partition coefficient (Wildman–Crippen LogP) is -0.230. The number of amides is 4. The van der Waals surface area contributed by atoms with Gasteiger partial charge in [0.25, 0.3) is 5.91 Å². The molecule has 12 heteroatoms. The first-order chi connectivity index (χ1) is 14.0. The highest BCUT2D eigenvalue weighted by atomic mass is 32.2. The molecule has 1 fully saturated rings. The zero-order valence-electron chi connectivity index (χ0n) is 16.7. The molecule has 0 bridgehead atoms. The van der Waals surface area contributed by atoms with E-state index in [1.165, 1.54) is 36.8 Å². The maximum Gasteiger partial charge on any atom is 0.327 e. The lowest BCUT2D eigenvalue weighted by atomic mass is 10.1. The quantitative estimate of drug-likeness (QED) is 0.194. The van der Waals surface area contributed by atoms with Crippen molar-refractivity contribution in [3.8, 4) is 5.75 Å². The van der Waals surface area contributed by atoms with Crippen LogP contribution in [0.25, 0.3) is 0 Å². The summed E-state index contributed by atoms with van der Waals surface area (Å²) in [6.07, 6.45) is 1.78. The Morgan fingerprint density at radius 2 is 1.90 bits per heavy atom. The van der Waals surface area contributed by atoms with Gasteiger partial charge >= 0.3 is 6.03 Å². The number of hydrogen-bond donors (Lipinski definition) is 3. The molecule has 1 heterocycles. The Labute approximate surface area is 174 Å². The van der Waals surface area contributed by atoms with Crippen molar-refractivity contribution in [2.45, 2.75) is 30.3 Å². The fourth-order valence-corrected chi connectivity index (χ4v) is 4.42. The molecule has 166 valence electrons. The second-order valence-corrected chi connectivity index (χ2v) is 9.01. The molecule has 1 unspecified atom stereocenters. The Kier molecular flexibility index (Phi) is 7.39. The van der Waals surface area contributed by atoms with Crippen LogP contribution in [0.15, 0.2) is 29.2 Å². The molecule has 3 N–H and O–H groups in total. The van der Waals surface area contributed by atoms with Crippen LogP contribution in [0.3, 0.4) is 0 Å². The third-order valence-corrected chi connectivity index (χ3v) is 6.40. The number of urea groups is 1. The van der Waals surface area contributed by atoms with E-state index in [2.05, 4.69) is 0 Å². The summed E-state index contributed by atoms with van der Waals surface area (Å²) in [7, 11) is -2.91. The lowest BCUT2D eigenvalue weighted by molar-refractivity contribution is -0.148. The first kappa shape index (κ1) is 23.6. The number of carbonyl (C=O) groups is 3. The number of carbonyl (C=O) groups excluding carboxylic acids is 3. The Bertz CT molecular complexity index is 903. The minimum absolute atomic E-state index is 0.203. The lowest BCUT2D eigenvalue weighted by Gasteiger charge is -2.29. The second-order valence-electron chi connectivity index (χ2n) is 7.02. The maximum absolute atomic E-state index is 12.8. The molecule has 0 spiro atoms. The van der Waals surface area contributed by atoms with Crippen molar-refractivity contribution in [1.82, 2.24) is 15.3 Å². The Balaban J connectivity index is 2.23. The van der Waals surface area contributed by atoms with E-state index in [0.717, 1.165) is 17.7 Å². The normalized spacial score (nSPS) is 16.5. The van der Waals surface area contributed by atoms with Crippen molar-refractivity contribution in [2.24, 2.45) is 0 Å². The smallest absolute Gasteiger partial charge is 0.327 e. The standard InChI is InChI=1S/C18H25N3O8S/c1-3-4-9-29-13-5-7-14(8-6-13)30(27,28)12-18(25,16(23)19-26)11-21-15(22)10-20(2)17(21)24/h5-8,25-26H,3-4,9-12H2,1-2H3,(H,19,23). The van der Waals surface area contributed by atoms with Gasteiger partial charge in [0.2, 0.25) is 5.91 Å². The largest absolute Gasteiger partial charge is 0.494 e. The van der Waals surface area contributed by atoms with Crippen molar-refractivity contribution in [2.75, 3.05) is 32.5 Å². The second kappa shape index (κ2) is 9.41. The van der Waals surface area contributed by atoms with Gasteiger partial charge in [-0.1, -0.05) is 13.3 Å². The molecule has 0 saturated carbocycles. The van der Waals surface area contributed by atoms with Crippen LogP contribution in [0.5, 0.6) is 5.75 Å². The number of benzene rings is 1. The van der Waals surface area contributed by atoms with Crippen molar-refractivity contribution < 1.29 is 37.9 Å². The number of hydrogen-bond acceptors (Lipinski definition) is 8. The number of rotatable bonds is 10. The molecule has 1 aliphatic rings. The summed E-state index contributed by atoms with van der Waals surface area (Å²) in [5.41, 5.74) is -1.57. The summed E-state index contributed by atoms with van der Waals surface area (Å²) >= 11 is 0. The van der Waals surface area contributed by atoms with Crippen LogP contribution in [0, 0.1) is 0 Å². The summed E-state index contributed by atoms with van der Waals surface area (Å²) < 4.78 is 31.0. The van der Waals surface area contributed by atoms with Gasteiger partial charge in [-0.15, -0.1) is 0 Å². The van der Waals surface area contributed by atoms with Gasteiger partial charge in [0, 0.05) is 7.05 Å². The molecular formula is C18H25N3O8S. The molecule has 4 amide bonds. The van der Waals surface area contributed by atoms with Crippen molar-refractivity contribution in [3.05, 3.63) is 24.3 Å². The van der Waals surface area contributed by atoms with E-state index < -0.39 is 45.6 Å². The average Bonchev–Trinajstić information content (AvgIpc) is 2.93. The molecule has 1 aromatic rings. The molecule has 0 aliphatic carbocycles. The molecule has 2 rings (SSSR count). The van der Waals surface area contributed by atoms with Crippen molar-refractivity contribution in [3.63, 3.8) is 0 Å². The Hall–Kier alpha value is -2.70. The van der Waals surface area contributed by atoms with Crippen LogP contribution < -0.4 is 10.2 Å². The average molecular weight is 443 g/mol. The molecule has 1 saturated heterocycles. The zero-order chi connectivity index (χ0) is 22.5. The SMILES string of the molecule is CCCCOc1ccc(S(=O)(=O)CC(O)(CN2C(=O)CN(C)C2=O)C(=O)NO)cc1. The fraction of sp³-hybridized carbons (Fsp3) is 0.500. The van der Waals surface area contributed by atoms with E-state index in [-0.39, 0.29) is 11.4 Å². The summed E-state index contributed by atoms with van der Waals surface area (Å²) in [4.78, 5) is 37.5. The molecule has 0 aromatic heterocycles. The molecule has 1 aliphatic heterocycles. The number of aliphatic hydroxyl groups is 1. The van der Waals surface area contributed by atoms with Crippen molar-refractivity contribution in [1.29, 1.82) is 0 Å². The third kappa shape index (κ3) is 5.26.